The van der Waals surface area contributed by atoms with E-state index in [0.29, 0.717) is 12.8 Å². The van der Waals surface area contributed by atoms with Gasteiger partial charge in [0.2, 0.25) is 5.91 Å². The third-order valence-corrected chi connectivity index (χ3v) is 5.95. The lowest BCUT2D eigenvalue weighted by molar-refractivity contribution is -0.123. The van der Waals surface area contributed by atoms with Gasteiger partial charge in [0.15, 0.2) is 0 Å². The molecule has 3 N–H and O–H groups in total. The van der Waals surface area contributed by atoms with Crippen molar-refractivity contribution in [3.63, 3.8) is 0 Å². The maximum Gasteiger partial charge on any atom is 0.322 e. The molecule has 1 heterocycles. The molecule has 1 atom stereocenters. The van der Waals surface area contributed by atoms with E-state index < -0.39 is 11.6 Å². The summed E-state index contributed by atoms with van der Waals surface area (Å²) in [6, 6.07) is 5.37. The molecule has 0 aromatic heterocycles. The molecule has 3 aliphatic rings. The van der Waals surface area contributed by atoms with Gasteiger partial charge in [-0.15, -0.1) is 0 Å². The average Bonchev–Trinajstić information content (AvgIpc) is 3.05. The summed E-state index contributed by atoms with van der Waals surface area (Å²) in [6.45, 7) is 0. The normalized spacial score (nSPS) is 26.0. The van der Waals surface area contributed by atoms with Crippen molar-refractivity contribution in [2.75, 3.05) is 5.32 Å². The van der Waals surface area contributed by atoms with Crippen LogP contribution in [0.25, 0.3) is 0 Å². The van der Waals surface area contributed by atoms with E-state index in [-0.39, 0.29) is 17.7 Å². The summed E-state index contributed by atoms with van der Waals surface area (Å²) in [5.74, 6) is -0.0694. The molecule has 1 aliphatic heterocycles. The lowest BCUT2D eigenvalue weighted by Gasteiger charge is -2.19. The third kappa shape index (κ3) is 3.20. The smallest absolute Gasteiger partial charge is 0.322 e. The van der Waals surface area contributed by atoms with Crippen LogP contribution in [0, 0.1) is 5.92 Å². The van der Waals surface area contributed by atoms with Gasteiger partial charge in [0.1, 0.15) is 5.54 Å². The number of fused-ring (bicyclic) bond motifs is 1. The van der Waals surface area contributed by atoms with Crippen LogP contribution in [-0.4, -0.2) is 23.4 Å². The number of rotatable bonds is 2. The number of hydrogen-bond donors (Lipinski definition) is 3. The summed E-state index contributed by atoms with van der Waals surface area (Å²) in [4.78, 5) is 36.3. The van der Waals surface area contributed by atoms with E-state index in [1.807, 2.05) is 18.2 Å². The van der Waals surface area contributed by atoms with Gasteiger partial charge < -0.3 is 10.6 Å². The van der Waals surface area contributed by atoms with E-state index in [1.165, 1.54) is 19.3 Å². The molecule has 0 bridgehead atoms. The van der Waals surface area contributed by atoms with Gasteiger partial charge in [0, 0.05) is 24.4 Å². The molecule has 1 aromatic rings. The van der Waals surface area contributed by atoms with Crippen LogP contribution in [-0.2, 0) is 22.4 Å². The minimum atomic E-state index is -0.860. The molecule has 4 rings (SSSR count). The third-order valence-electron chi connectivity index (χ3n) is 5.95. The molecule has 4 amide bonds. The van der Waals surface area contributed by atoms with Crippen molar-refractivity contribution in [1.82, 2.24) is 10.6 Å². The Bertz CT molecular complexity index is 753. The van der Waals surface area contributed by atoms with Gasteiger partial charge in [-0.25, -0.2) is 4.79 Å². The number of carbonyl (C=O) groups excluding carboxylic acids is 3. The van der Waals surface area contributed by atoms with Crippen LogP contribution in [0.5, 0.6) is 0 Å². The van der Waals surface area contributed by atoms with Gasteiger partial charge in [-0.1, -0.05) is 38.2 Å². The fraction of sp³-hybridized carbons (Fsp3) is 0.550. The van der Waals surface area contributed by atoms with Crippen LogP contribution in [0.1, 0.15) is 56.1 Å². The monoisotopic (exact) mass is 355 g/mol. The van der Waals surface area contributed by atoms with Crippen molar-refractivity contribution in [2.24, 2.45) is 5.92 Å². The van der Waals surface area contributed by atoms with Crippen LogP contribution >= 0.6 is 0 Å². The molecular formula is C20H25N3O3. The second kappa shape index (κ2) is 6.74. The Kier molecular flexibility index (Phi) is 4.42. The maximum atomic E-state index is 12.6. The van der Waals surface area contributed by atoms with Crippen molar-refractivity contribution < 1.29 is 14.4 Å². The number of hydrogen-bond acceptors (Lipinski definition) is 3. The van der Waals surface area contributed by atoms with E-state index >= 15 is 0 Å². The Hall–Kier alpha value is -2.37. The fourth-order valence-corrected chi connectivity index (χ4v) is 4.49. The predicted molar refractivity (Wildman–Crippen MR) is 97.7 cm³/mol. The summed E-state index contributed by atoms with van der Waals surface area (Å²) in [5, 5.41) is 8.15. The summed E-state index contributed by atoms with van der Waals surface area (Å²) in [7, 11) is 0. The summed E-state index contributed by atoms with van der Waals surface area (Å²) >= 11 is 0. The number of amides is 4. The van der Waals surface area contributed by atoms with Crippen molar-refractivity contribution >= 4 is 23.5 Å². The van der Waals surface area contributed by atoms with Gasteiger partial charge in [0.05, 0.1) is 0 Å². The van der Waals surface area contributed by atoms with E-state index in [2.05, 4.69) is 16.0 Å². The van der Waals surface area contributed by atoms with Gasteiger partial charge in [-0.2, -0.15) is 0 Å². The molecule has 2 aliphatic carbocycles. The Labute approximate surface area is 153 Å². The van der Waals surface area contributed by atoms with Crippen molar-refractivity contribution in [1.29, 1.82) is 0 Å². The number of nitrogens with one attached hydrogen (secondary N) is 3. The molecule has 1 saturated heterocycles. The van der Waals surface area contributed by atoms with Crippen molar-refractivity contribution in [3.05, 3.63) is 29.3 Å². The molecule has 6 heteroatoms. The molecule has 0 radical (unpaired) electrons. The lowest BCUT2D eigenvalue weighted by Crippen LogP contribution is -2.47. The zero-order chi connectivity index (χ0) is 18.1. The minimum Gasteiger partial charge on any atom is -0.326 e. The van der Waals surface area contributed by atoms with E-state index in [0.717, 1.165) is 42.5 Å². The van der Waals surface area contributed by atoms with E-state index in [4.69, 9.17) is 0 Å². The molecule has 2 fully saturated rings. The first-order valence-corrected chi connectivity index (χ1v) is 9.62. The number of benzene rings is 1. The van der Waals surface area contributed by atoms with Gasteiger partial charge in [-0.05, 0) is 36.1 Å². The number of anilines is 1. The minimum absolute atomic E-state index is 0.0924. The van der Waals surface area contributed by atoms with Crippen LogP contribution in [0.4, 0.5) is 10.5 Å². The zero-order valence-corrected chi connectivity index (χ0v) is 14.9. The van der Waals surface area contributed by atoms with E-state index in [1.54, 1.807) is 0 Å². The van der Waals surface area contributed by atoms with Crippen LogP contribution in [0.3, 0.4) is 0 Å². The SMILES string of the molecule is O=C1NC(=O)C2(Cc3ccc(NC(=O)C4CCCCCCC4)cc3C2)N1. The largest absolute Gasteiger partial charge is 0.326 e. The predicted octanol–water partition coefficient (Wildman–Crippen LogP) is 2.66. The Balaban J connectivity index is 1.45. The quantitative estimate of drug-likeness (QED) is 0.713. The van der Waals surface area contributed by atoms with Crippen LogP contribution in [0.2, 0.25) is 0 Å². The highest BCUT2D eigenvalue weighted by molar-refractivity contribution is 6.07. The van der Waals surface area contributed by atoms with Crippen LogP contribution in [0.15, 0.2) is 18.2 Å². The van der Waals surface area contributed by atoms with Gasteiger partial charge >= 0.3 is 6.03 Å². The average molecular weight is 355 g/mol. The highest BCUT2D eigenvalue weighted by Gasteiger charge is 2.49. The molecule has 6 nitrogen and oxygen atoms in total. The first-order valence-electron chi connectivity index (χ1n) is 9.62. The summed E-state index contributed by atoms with van der Waals surface area (Å²) < 4.78 is 0. The molecule has 1 spiro atoms. The fourth-order valence-electron chi connectivity index (χ4n) is 4.49. The highest BCUT2D eigenvalue weighted by Crippen LogP contribution is 2.34. The zero-order valence-electron chi connectivity index (χ0n) is 14.9. The Morgan fingerprint density at radius 1 is 1.00 bits per heavy atom. The number of imide groups is 1. The highest BCUT2D eigenvalue weighted by atomic mass is 16.2. The van der Waals surface area contributed by atoms with Gasteiger partial charge in [-0.3, -0.25) is 14.9 Å². The Morgan fingerprint density at radius 2 is 1.69 bits per heavy atom. The number of urea groups is 1. The van der Waals surface area contributed by atoms with Crippen molar-refractivity contribution in [3.8, 4) is 0 Å². The second-order valence-corrected chi connectivity index (χ2v) is 7.86. The lowest BCUT2D eigenvalue weighted by atomic mass is 9.90. The molecule has 26 heavy (non-hydrogen) atoms. The first kappa shape index (κ1) is 17.1. The van der Waals surface area contributed by atoms with Gasteiger partial charge in [0.25, 0.3) is 5.91 Å². The maximum absolute atomic E-state index is 12.6. The molecule has 1 saturated carbocycles. The number of carbonyl (C=O) groups is 3. The molecule has 138 valence electrons. The Morgan fingerprint density at radius 3 is 2.38 bits per heavy atom. The molecule has 1 aromatic carbocycles. The molecular weight excluding hydrogens is 330 g/mol. The summed E-state index contributed by atoms with van der Waals surface area (Å²) in [6.07, 6.45) is 8.86. The summed E-state index contributed by atoms with van der Waals surface area (Å²) in [5.41, 5.74) is 1.98. The standard InChI is InChI=1S/C20H25N3O3/c24-17(13-6-4-2-1-3-5-7-13)21-16-9-8-14-11-20(12-15(14)10-16)18(25)22-19(26)23-20/h8-10,13H,1-7,11-12H2,(H,21,24)(H2,22,23,25,26). The molecule has 1 unspecified atom stereocenters. The second-order valence-electron chi connectivity index (χ2n) is 7.86. The first-order chi connectivity index (χ1) is 12.6. The van der Waals surface area contributed by atoms with Crippen molar-refractivity contribution in [2.45, 2.75) is 63.3 Å². The van der Waals surface area contributed by atoms with E-state index in [9.17, 15) is 14.4 Å². The van der Waals surface area contributed by atoms with Crippen LogP contribution < -0.4 is 16.0 Å². The topological polar surface area (TPSA) is 87.3 Å².